The highest BCUT2D eigenvalue weighted by Gasteiger charge is 2.33. The molecule has 0 bridgehead atoms. The van der Waals surface area contributed by atoms with Crippen molar-refractivity contribution in [2.24, 2.45) is 0 Å². The summed E-state index contributed by atoms with van der Waals surface area (Å²) in [5.41, 5.74) is -0.511. The zero-order valence-electron chi connectivity index (χ0n) is 10.1. The highest BCUT2D eigenvalue weighted by atomic mass is 79.9. The van der Waals surface area contributed by atoms with Crippen molar-refractivity contribution in [3.63, 3.8) is 0 Å². The lowest BCUT2D eigenvalue weighted by Gasteiger charge is -2.30. The van der Waals surface area contributed by atoms with Crippen molar-refractivity contribution in [2.75, 3.05) is 6.61 Å². The molecule has 0 atom stereocenters. The van der Waals surface area contributed by atoms with Crippen molar-refractivity contribution < 1.29 is 4.74 Å². The Labute approximate surface area is 120 Å². The molecule has 1 rings (SSSR count). The third kappa shape index (κ3) is 3.11. The topological polar surface area (TPSA) is 35.0 Å². The van der Waals surface area contributed by atoms with Gasteiger partial charge >= 0.3 is 0 Å². The summed E-state index contributed by atoms with van der Waals surface area (Å²) >= 11 is 15.2. The fourth-order valence-electron chi connectivity index (χ4n) is 1.71. The van der Waals surface area contributed by atoms with E-state index in [1.807, 2.05) is 20.8 Å². The number of hydrogen-bond donors (Lipinski definition) is 0. The van der Waals surface area contributed by atoms with Gasteiger partial charge in [0.05, 0.1) is 4.47 Å². The first-order valence-electron chi connectivity index (χ1n) is 5.53. The van der Waals surface area contributed by atoms with E-state index >= 15 is 0 Å². The number of halogens is 3. The molecule has 0 radical (unpaired) electrons. The summed E-state index contributed by atoms with van der Waals surface area (Å²) in [5.74, 6) is 0.544. The predicted molar refractivity (Wildman–Crippen MR) is 73.6 cm³/mol. The van der Waals surface area contributed by atoms with Crippen LogP contribution < -0.4 is 0 Å². The van der Waals surface area contributed by atoms with E-state index in [2.05, 4.69) is 25.9 Å². The average Bonchev–Trinajstić information content (AvgIpc) is 2.32. The SMILES string of the molecule is CCOC(CC)(CC)c1nc(Cl)c(Br)c(Cl)n1. The number of ether oxygens (including phenoxy) is 1. The summed E-state index contributed by atoms with van der Waals surface area (Å²) in [5, 5.41) is 0.622. The van der Waals surface area contributed by atoms with Gasteiger partial charge in [0.25, 0.3) is 0 Å². The zero-order valence-corrected chi connectivity index (χ0v) is 13.2. The molecule has 0 saturated heterocycles. The molecule has 1 aromatic rings. The van der Waals surface area contributed by atoms with E-state index in [0.29, 0.717) is 27.2 Å². The lowest BCUT2D eigenvalue weighted by atomic mass is 9.96. The molecule has 1 aromatic heterocycles. The molecular formula is C11H15BrCl2N2O. The van der Waals surface area contributed by atoms with Crippen LogP contribution in [-0.4, -0.2) is 16.6 Å². The summed E-state index contributed by atoms with van der Waals surface area (Å²) in [6, 6.07) is 0. The Balaban J connectivity index is 3.28. The van der Waals surface area contributed by atoms with E-state index in [1.165, 1.54) is 0 Å². The second kappa shape index (κ2) is 6.32. The van der Waals surface area contributed by atoms with Crippen LogP contribution in [0.3, 0.4) is 0 Å². The Morgan fingerprint density at radius 1 is 1.12 bits per heavy atom. The summed E-state index contributed by atoms with van der Waals surface area (Å²) in [6.45, 7) is 6.61. The Kier molecular flexibility index (Phi) is 5.64. The molecular weight excluding hydrogens is 327 g/mol. The Morgan fingerprint density at radius 3 is 1.94 bits per heavy atom. The fraction of sp³-hybridized carbons (Fsp3) is 0.636. The van der Waals surface area contributed by atoms with Gasteiger partial charge in [-0.3, -0.25) is 0 Å². The van der Waals surface area contributed by atoms with Crippen LogP contribution in [0.15, 0.2) is 4.47 Å². The highest BCUT2D eigenvalue weighted by molar-refractivity contribution is 9.10. The monoisotopic (exact) mass is 340 g/mol. The van der Waals surface area contributed by atoms with E-state index in [-0.39, 0.29) is 0 Å². The Morgan fingerprint density at radius 2 is 1.59 bits per heavy atom. The van der Waals surface area contributed by atoms with Gasteiger partial charge in [-0.25, -0.2) is 9.97 Å². The second-order valence-corrected chi connectivity index (χ2v) is 5.09. The van der Waals surface area contributed by atoms with Gasteiger partial charge in [0.2, 0.25) is 0 Å². The summed E-state index contributed by atoms with van der Waals surface area (Å²) in [7, 11) is 0. The fourth-order valence-corrected chi connectivity index (χ4v) is 2.27. The van der Waals surface area contributed by atoms with Crippen LogP contribution >= 0.6 is 39.1 Å². The molecule has 3 nitrogen and oxygen atoms in total. The first kappa shape index (κ1) is 15.2. The maximum absolute atomic E-state index is 6.00. The smallest absolute Gasteiger partial charge is 0.163 e. The van der Waals surface area contributed by atoms with Crippen molar-refractivity contribution in [3.8, 4) is 0 Å². The summed E-state index contributed by atoms with van der Waals surface area (Å²) < 4.78 is 6.32. The third-order valence-electron chi connectivity index (χ3n) is 2.74. The lowest BCUT2D eigenvalue weighted by molar-refractivity contribution is -0.0571. The first-order chi connectivity index (χ1) is 8.00. The quantitative estimate of drug-likeness (QED) is 0.734. The lowest BCUT2D eigenvalue weighted by Crippen LogP contribution is -2.31. The highest BCUT2D eigenvalue weighted by Crippen LogP contribution is 2.35. The van der Waals surface area contributed by atoms with Gasteiger partial charge in [0.15, 0.2) is 5.82 Å². The van der Waals surface area contributed by atoms with Crippen LogP contribution in [0.4, 0.5) is 0 Å². The van der Waals surface area contributed by atoms with Gasteiger partial charge in [0.1, 0.15) is 15.9 Å². The van der Waals surface area contributed by atoms with Crippen LogP contribution in [-0.2, 0) is 10.3 Å². The van der Waals surface area contributed by atoms with Gasteiger partial charge in [-0.1, -0.05) is 37.0 Å². The van der Waals surface area contributed by atoms with Gasteiger partial charge < -0.3 is 4.74 Å². The first-order valence-corrected chi connectivity index (χ1v) is 7.08. The van der Waals surface area contributed by atoms with Crippen LogP contribution in [0.25, 0.3) is 0 Å². The van der Waals surface area contributed by atoms with Crippen molar-refractivity contribution in [1.82, 2.24) is 9.97 Å². The summed E-state index contributed by atoms with van der Waals surface area (Å²) in [6.07, 6.45) is 1.54. The number of hydrogen-bond acceptors (Lipinski definition) is 3. The molecule has 0 fully saturated rings. The van der Waals surface area contributed by atoms with Crippen LogP contribution in [0.1, 0.15) is 39.4 Å². The number of rotatable bonds is 5. The molecule has 96 valence electrons. The minimum atomic E-state index is -0.511. The third-order valence-corrected chi connectivity index (χ3v) is 4.50. The maximum Gasteiger partial charge on any atom is 0.163 e. The molecule has 0 aliphatic heterocycles. The van der Waals surface area contributed by atoms with Crippen molar-refractivity contribution >= 4 is 39.1 Å². The molecule has 0 aliphatic carbocycles. The molecule has 0 unspecified atom stereocenters. The van der Waals surface area contributed by atoms with Crippen LogP contribution in [0, 0.1) is 0 Å². The van der Waals surface area contributed by atoms with E-state index < -0.39 is 5.60 Å². The molecule has 0 amide bonds. The van der Waals surface area contributed by atoms with Crippen LogP contribution in [0.5, 0.6) is 0 Å². The molecule has 0 aromatic carbocycles. The number of nitrogens with zero attached hydrogens (tertiary/aromatic N) is 2. The van der Waals surface area contributed by atoms with Crippen molar-refractivity contribution in [2.45, 2.75) is 39.2 Å². The molecule has 0 aliphatic rings. The van der Waals surface area contributed by atoms with Crippen molar-refractivity contribution in [3.05, 3.63) is 20.6 Å². The van der Waals surface area contributed by atoms with E-state index in [4.69, 9.17) is 27.9 Å². The Hall–Kier alpha value is 0.1000. The van der Waals surface area contributed by atoms with E-state index in [0.717, 1.165) is 12.8 Å². The van der Waals surface area contributed by atoms with Gasteiger partial charge in [-0.2, -0.15) is 0 Å². The molecule has 0 N–H and O–H groups in total. The second-order valence-electron chi connectivity index (χ2n) is 3.58. The van der Waals surface area contributed by atoms with Crippen molar-refractivity contribution in [1.29, 1.82) is 0 Å². The molecule has 0 saturated carbocycles. The van der Waals surface area contributed by atoms with Crippen LogP contribution in [0.2, 0.25) is 10.3 Å². The largest absolute Gasteiger partial charge is 0.367 e. The minimum absolute atomic E-state index is 0.311. The van der Waals surface area contributed by atoms with E-state index in [9.17, 15) is 0 Å². The molecule has 1 heterocycles. The normalized spacial score (nSPS) is 11.9. The molecule has 0 spiro atoms. The Bertz CT molecular complexity index is 374. The summed E-state index contributed by atoms with van der Waals surface area (Å²) in [4.78, 5) is 8.53. The number of aromatic nitrogens is 2. The zero-order chi connectivity index (χ0) is 13.1. The molecule has 6 heteroatoms. The van der Waals surface area contributed by atoms with Gasteiger partial charge in [-0.15, -0.1) is 0 Å². The van der Waals surface area contributed by atoms with Gasteiger partial charge in [0, 0.05) is 6.61 Å². The predicted octanol–water partition coefficient (Wildman–Crippen LogP) is 4.60. The standard InChI is InChI=1S/C11H15BrCl2N2O/c1-4-11(5-2,17-6-3)10-15-8(13)7(12)9(14)16-10/h4-6H2,1-3H3. The minimum Gasteiger partial charge on any atom is -0.367 e. The average molecular weight is 342 g/mol. The maximum atomic E-state index is 6.00. The van der Waals surface area contributed by atoms with E-state index in [1.54, 1.807) is 0 Å². The van der Waals surface area contributed by atoms with Gasteiger partial charge in [-0.05, 0) is 35.7 Å². The molecule has 17 heavy (non-hydrogen) atoms.